The van der Waals surface area contributed by atoms with Gasteiger partial charge in [-0.15, -0.1) is 24.0 Å². The smallest absolute Gasteiger partial charge is 0.126 e. The number of fused-ring (bicyclic) bond motifs is 1. The Labute approximate surface area is 106 Å². The van der Waals surface area contributed by atoms with Crippen LogP contribution in [0.5, 0.6) is 0 Å². The van der Waals surface area contributed by atoms with Gasteiger partial charge in [-0.3, -0.25) is 0 Å². The molecule has 1 saturated heterocycles. The molecule has 3 nitrogen and oxygen atoms in total. The molecule has 2 aliphatic rings. The molecule has 1 aliphatic carbocycles. The van der Waals surface area contributed by atoms with Crippen LogP contribution in [0.4, 0.5) is 5.82 Å². The minimum absolute atomic E-state index is 0. The number of alkyl halides is 1. The molecule has 1 aromatic rings. The maximum Gasteiger partial charge on any atom is 0.126 e. The number of hydrogen-bond donors (Lipinski definition) is 1. The molecule has 1 N–H and O–H groups in total. The first-order valence-electron chi connectivity index (χ1n) is 5.23. The molecule has 0 radical (unpaired) electrons. The fourth-order valence-corrected chi connectivity index (χ4v) is 2.43. The van der Waals surface area contributed by atoms with Crippen molar-refractivity contribution in [2.75, 3.05) is 18.5 Å². The molecule has 2 fully saturated rings. The summed E-state index contributed by atoms with van der Waals surface area (Å²) in [6, 6.07) is 4.52. The highest BCUT2D eigenvalue weighted by Gasteiger charge is 2.54. The quantitative estimate of drug-likeness (QED) is 0.848. The topological polar surface area (TPSA) is 34.2 Å². The number of halogens is 2. The Morgan fingerprint density at radius 1 is 1.44 bits per heavy atom. The summed E-state index contributed by atoms with van der Waals surface area (Å²) in [6.45, 7) is 1.80. The average Bonchev–Trinajstić information content (AvgIpc) is 2.75. The summed E-state index contributed by atoms with van der Waals surface area (Å²) in [4.78, 5) is 4.28. The van der Waals surface area contributed by atoms with E-state index < -0.39 is 0 Å². The second kappa shape index (κ2) is 4.78. The van der Waals surface area contributed by atoms with Gasteiger partial charge in [0.25, 0.3) is 0 Å². The summed E-state index contributed by atoms with van der Waals surface area (Å²) in [5.74, 6) is 2.88. The number of nitrogens with zero attached hydrogens (tertiary/aromatic N) is 1. The summed E-state index contributed by atoms with van der Waals surface area (Å²) in [7, 11) is 0. The number of hydrogen-bond acceptors (Lipinski definition) is 3. The summed E-state index contributed by atoms with van der Waals surface area (Å²) >= 11 is 5.77. The van der Waals surface area contributed by atoms with Crippen LogP contribution < -0.4 is 5.32 Å². The van der Waals surface area contributed by atoms with Crippen LogP contribution in [0.2, 0.25) is 0 Å². The lowest BCUT2D eigenvalue weighted by molar-refractivity contribution is 0.162. The number of ether oxygens (including phenoxy) is 1. The van der Waals surface area contributed by atoms with Gasteiger partial charge < -0.3 is 10.1 Å². The molecule has 5 heteroatoms. The van der Waals surface area contributed by atoms with E-state index in [4.69, 9.17) is 16.3 Å². The predicted octanol–water partition coefficient (Wildman–Crippen LogP) is 2.30. The second-order valence-corrected chi connectivity index (χ2v) is 4.49. The Morgan fingerprint density at radius 3 is 2.88 bits per heavy atom. The third-order valence-electron chi connectivity index (χ3n) is 3.25. The van der Waals surface area contributed by atoms with Crippen molar-refractivity contribution in [2.45, 2.75) is 11.9 Å². The molecule has 0 amide bonds. The molecule has 1 saturated carbocycles. The number of pyridine rings is 1. The molecule has 16 heavy (non-hydrogen) atoms. The lowest BCUT2D eigenvalue weighted by Gasteiger charge is -2.08. The van der Waals surface area contributed by atoms with E-state index in [1.807, 2.05) is 12.1 Å². The van der Waals surface area contributed by atoms with Crippen molar-refractivity contribution in [3.8, 4) is 0 Å². The SMILES string of the molecule is Cl.ClCc1ccnc(NC2C3COCC32)c1. The normalized spacial score (nSPS) is 30.4. The molecule has 1 aliphatic heterocycles. The minimum Gasteiger partial charge on any atom is -0.381 e. The van der Waals surface area contributed by atoms with E-state index in [1.165, 1.54) is 0 Å². The summed E-state index contributed by atoms with van der Waals surface area (Å²) in [6.07, 6.45) is 1.80. The summed E-state index contributed by atoms with van der Waals surface area (Å²) in [5.41, 5.74) is 1.11. The molecule has 0 spiro atoms. The minimum atomic E-state index is 0. The Balaban J connectivity index is 0.000000963. The first kappa shape index (κ1) is 12.0. The number of aromatic nitrogens is 1. The molecular formula is C11H14Cl2N2O. The fraction of sp³-hybridized carbons (Fsp3) is 0.545. The van der Waals surface area contributed by atoms with Gasteiger partial charge in [0.1, 0.15) is 5.82 Å². The third-order valence-corrected chi connectivity index (χ3v) is 3.55. The first-order valence-corrected chi connectivity index (χ1v) is 5.77. The van der Waals surface area contributed by atoms with Crippen LogP contribution >= 0.6 is 24.0 Å². The van der Waals surface area contributed by atoms with Crippen LogP contribution in [0.25, 0.3) is 0 Å². The Bertz CT molecular complexity index is 365. The number of nitrogens with one attached hydrogen (secondary N) is 1. The van der Waals surface area contributed by atoms with Crippen molar-refractivity contribution in [2.24, 2.45) is 11.8 Å². The summed E-state index contributed by atoms with van der Waals surface area (Å²) < 4.78 is 5.34. The van der Waals surface area contributed by atoms with Crippen LogP contribution in [0, 0.1) is 11.8 Å². The van der Waals surface area contributed by atoms with E-state index in [9.17, 15) is 0 Å². The lowest BCUT2D eigenvalue weighted by atomic mass is 10.3. The van der Waals surface area contributed by atoms with Gasteiger partial charge >= 0.3 is 0 Å². The molecule has 0 bridgehead atoms. The van der Waals surface area contributed by atoms with Crippen molar-refractivity contribution < 1.29 is 4.74 Å². The van der Waals surface area contributed by atoms with Gasteiger partial charge in [0.15, 0.2) is 0 Å². The predicted molar refractivity (Wildman–Crippen MR) is 66.3 cm³/mol. The highest BCUT2D eigenvalue weighted by atomic mass is 35.5. The van der Waals surface area contributed by atoms with Crippen molar-refractivity contribution in [3.63, 3.8) is 0 Å². The first-order chi connectivity index (χ1) is 7.38. The number of rotatable bonds is 3. The van der Waals surface area contributed by atoms with Gasteiger partial charge in [-0.2, -0.15) is 0 Å². The summed E-state index contributed by atoms with van der Waals surface area (Å²) in [5, 5.41) is 3.44. The monoisotopic (exact) mass is 260 g/mol. The molecular weight excluding hydrogens is 247 g/mol. The lowest BCUT2D eigenvalue weighted by Crippen LogP contribution is -2.13. The Kier molecular flexibility index (Phi) is 3.57. The molecule has 88 valence electrons. The van der Waals surface area contributed by atoms with Crippen LogP contribution in [-0.2, 0) is 10.6 Å². The van der Waals surface area contributed by atoms with E-state index in [0.29, 0.717) is 23.8 Å². The molecule has 2 unspecified atom stereocenters. The van der Waals surface area contributed by atoms with E-state index in [-0.39, 0.29) is 12.4 Å². The Hall–Kier alpha value is -0.510. The van der Waals surface area contributed by atoms with Crippen molar-refractivity contribution in [3.05, 3.63) is 23.9 Å². The van der Waals surface area contributed by atoms with E-state index >= 15 is 0 Å². The maximum atomic E-state index is 5.77. The van der Waals surface area contributed by atoms with Gasteiger partial charge in [-0.25, -0.2) is 4.98 Å². The van der Waals surface area contributed by atoms with Crippen molar-refractivity contribution >= 4 is 29.8 Å². The second-order valence-electron chi connectivity index (χ2n) is 4.22. The van der Waals surface area contributed by atoms with Gasteiger partial charge in [0, 0.05) is 30.0 Å². The van der Waals surface area contributed by atoms with Crippen LogP contribution in [-0.4, -0.2) is 24.2 Å². The molecule has 3 rings (SSSR count). The Morgan fingerprint density at radius 2 is 2.19 bits per heavy atom. The van der Waals surface area contributed by atoms with Crippen LogP contribution in [0.3, 0.4) is 0 Å². The zero-order valence-electron chi connectivity index (χ0n) is 8.73. The van der Waals surface area contributed by atoms with E-state index in [0.717, 1.165) is 24.6 Å². The van der Waals surface area contributed by atoms with Gasteiger partial charge in [-0.1, -0.05) is 0 Å². The van der Waals surface area contributed by atoms with Gasteiger partial charge in [0.2, 0.25) is 0 Å². The largest absolute Gasteiger partial charge is 0.381 e. The van der Waals surface area contributed by atoms with Crippen molar-refractivity contribution in [1.82, 2.24) is 4.98 Å². The van der Waals surface area contributed by atoms with E-state index in [1.54, 1.807) is 6.20 Å². The molecule has 2 atom stereocenters. The highest BCUT2D eigenvalue weighted by molar-refractivity contribution is 6.17. The third kappa shape index (κ3) is 2.12. The van der Waals surface area contributed by atoms with Crippen LogP contribution in [0.15, 0.2) is 18.3 Å². The van der Waals surface area contributed by atoms with Crippen molar-refractivity contribution in [1.29, 1.82) is 0 Å². The molecule has 2 heterocycles. The number of anilines is 1. The van der Waals surface area contributed by atoms with Gasteiger partial charge in [-0.05, 0) is 17.7 Å². The fourth-order valence-electron chi connectivity index (χ4n) is 2.26. The average molecular weight is 261 g/mol. The zero-order valence-corrected chi connectivity index (χ0v) is 10.3. The highest BCUT2D eigenvalue weighted by Crippen LogP contribution is 2.45. The van der Waals surface area contributed by atoms with E-state index in [2.05, 4.69) is 10.3 Å². The maximum absolute atomic E-state index is 5.77. The van der Waals surface area contributed by atoms with Crippen LogP contribution in [0.1, 0.15) is 5.56 Å². The molecule has 0 aromatic carbocycles. The standard InChI is InChI=1S/C11H13ClN2O.ClH/c12-4-7-1-2-13-10(3-7)14-11-8-5-15-6-9(8)11;/h1-3,8-9,11H,4-6H2,(H,13,14);1H. The zero-order chi connectivity index (χ0) is 10.3. The molecule has 1 aromatic heterocycles. The van der Waals surface area contributed by atoms with Gasteiger partial charge in [0.05, 0.1) is 13.2 Å².